The summed E-state index contributed by atoms with van der Waals surface area (Å²) in [5.74, 6) is 0.471. The summed E-state index contributed by atoms with van der Waals surface area (Å²) >= 11 is 0. The zero-order chi connectivity index (χ0) is 17.2. The van der Waals surface area contributed by atoms with Crippen molar-refractivity contribution in [3.8, 4) is 0 Å². The van der Waals surface area contributed by atoms with E-state index in [1.165, 1.54) is 31.4 Å². The lowest BCUT2D eigenvalue weighted by Crippen LogP contribution is -2.41. The average Bonchev–Trinajstić information content (AvgIpc) is 2.60. The Bertz CT molecular complexity index is 545. The SMILES string of the molecule is CN=C(NCCC(=O)NC1CCCCC1)NCc1ccc(F)cc1.I. The van der Waals surface area contributed by atoms with Crippen LogP contribution >= 0.6 is 24.0 Å². The van der Waals surface area contributed by atoms with Crippen LogP contribution in [-0.4, -0.2) is 31.5 Å². The minimum atomic E-state index is -0.245. The van der Waals surface area contributed by atoms with E-state index in [-0.39, 0.29) is 35.7 Å². The molecule has 1 aromatic rings. The van der Waals surface area contributed by atoms with E-state index in [9.17, 15) is 9.18 Å². The van der Waals surface area contributed by atoms with E-state index in [4.69, 9.17) is 0 Å². The molecule has 0 spiro atoms. The molecular weight excluding hydrogens is 434 g/mol. The number of carbonyl (C=O) groups excluding carboxylic acids is 1. The number of carbonyl (C=O) groups is 1. The topological polar surface area (TPSA) is 65.5 Å². The molecule has 25 heavy (non-hydrogen) atoms. The quantitative estimate of drug-likeness (QED) is 0.346. The summed E-state index contributed by atoms with van der Waals surface area (Å²) < 4.78 is 12.9. The lowest BCUT2D eigenvalue weighted by molar-refractivity contribution is -0.121. The zero-order valence-electron chi connectivity index (χ0n) is 14.7. The summed E-state index contributed by atoms with van der Waals surface area (Å²) in [6.45, 7) is 1.08. The number of guanidine groups is 1. The third-order valence-corrected chi connectivity index (χ3v) is 4.21. The van der Waals surface area contributed by atoms with Crippen molar-refractivity contribution in [2.24, 2.45) is 4.99 Å². The normalized spacial score (nSPS) is 15.2. The van der Waals surface area contributed by atoms with Gasteiger partial charge in [-0.15, -0.1) is 24.0 Å². The van der Waals surface area contributed by atoms with Gasteiger partial charge in [0.25, 0.3) is 0 Å². The van der Waals surface area contributed by atoms with Crippen LogP contribution in [0.1, 0.15) is 44.1 Å². The van der Waals surface area contributed by atoms with Gasteiger partial charge in [-0.3, -0.25) is 9.79 Å². The Hall–Kier alpha value is -1.38. The summed E-state index contributed by atoms with van der Waals surface area (Å²) in [6, 6.07) is 6.67. The summed E-state index contributed by atoms with van der Waals surface area (Å²) in [5.41, 5.74) is 0.967. The van der Waals surface area contributed by atoms with Gasteiger partial charge in [-0.25, -0.2) is 4.39 Å². The molecule has 1 fully saturated rings. The van der Waals surface area contributed by atoms with E-state index < -0.39 is 0 Å². The van der Waals surface area contributed by atoms with Gasteiger partial charge in [-0.05, 0) is 30.5 Å². The van der Waals surface area contributed by atoms with Gasteiger partial charge in [0.1, 0.15) is 5.82 Å². The summed E-state index contributed by atoms with van der Waals surface area (Å²) in [6.07, 6.45) is 6.32. The Balaban J connectivity index is 0.00000312. The Morgan fingerprint density at radius 2 is 1.84 bits per heavy atom. The number of rotatable bonds is 6. The molecule has 1 amide bonds. The van der Waals surface area contributed by atoms with Crippen LogP contribution in [0.5, 0.6) is 0 Å². The van der Waals surface area contributed by atoms with Gasteiger partial charge in [0, 0.05) is 32.6 Å². The Labute approximate surface area is 166 Å². The first kappa shape index (κ1) is 21.7. The van der Waals surface area contributed by atoms with Gasteiger partial charge >= 0.3 is 0 Å². The summed E-state index contributed by atoms with van der Waals surface area (Å²) in [5, 5.41) is 9.37. The number of halogens is 2. The van der Waals surface area contributed by atoms with E-state index in [0.29, 0.717) is 31.5 Å². The predicted octanol–water partition coefficient (Wildman–Crippen LogP) is 2.95. The molecule has 0 bridgehead atoms. The highest BCUT2D eigenvalue weighted by atomic mass is 127. The maximum atomic E-state index is 12.9. The van der Waals surface area contributed by atoms with Crippen molar-refractivity contribution >= 4 is 35.8 Å². The van der Waals surface area contributed by atoms with Crippen molar-refractivity contribution in [1.29, 1.82) is 0 Å². The number of hydrogen-bond acceptors (Lipinski definition) is 2. The molecule has 0 atom stereocenters. The third kappa shape index (κ3) is 8.51. The van der Waals surface area contributed by atoms with E-state index in [1.807, 2.05) is 0 Å². The molecule has 0 saturated heterocycles. The number of benzene rings is 1. The zero-order valence-corrected chi connectivity index (χ0v) is 17.0. The Kier molecular flexibility index (Phi) is 10.4. The fourth-order valence-corrected chi connectivity index (χ4v) is 2.85. The molecule has 7 heteroatoms. The van der Waals surface area contributed by atoms with Gasteiger partial charge in [-0.1, -0.05) is 31.4 Å². The second-order valence-electron chi connectivity index (χ2n) is 6.13. The van der Waals surface area contributed by atoms with Gasteiger partial charge in [0.15, 0.2) is 5.96 Å². The fourth-order valence-electron chi connectivity index (χ4n) is 2.85. The molecular formula is C18H28FIN4O. The molecule has 1 aliphatic carbocycles. The van der Waals surface area contributed by atoms with E-state index >= 15 is 0 Å². The van der Waals surface area contributed by atoms with Gasteiger partial charge in [0.05, 0.1) is 0 Å². The van der Waals surface area contributed by atoms with E-state index in [0.717, 1.165) is 18.4 Å². The second kappa shape index (κ2) is 12.1. The van der Waals surface area contributed by atoms with Crippen LogP contribution in [0.3, 0.4) is 0 Å². The average molecular weight is 462 g/mol. The van der Waals surface area contributed by atoms with Crippen molar-refractivity contribution in [2.75, 3.05) is 13.6 Å². The number of nitrogens with one attached hydrogen (secondary N) is 3. The minimum Gasteiger partial charge on any atom is -0.356 e. The lowest BCUT2D eigenvalue weighted by Gasteiger charge is -2.22. The summed E-state index contributed by atoms with van der Waals surface area (Å²) in [4.78, 5) is 16.1. The first-order chi connectivity index (χ1) is 11.7. The molecule has 3 N–H and O–H groups in total. The highest BCUT2D eigenvalue weighted by Gasteiger charge is 2.15. The molecule has 0 aromatic heterocycles. The van der Waals surface area contributed by atoms with Crippen molar-refractivity contribution < 1.29 is 9.18 Å². The monoisotopic (exact) mass is 462 g/mol. The minimum absolute atomic E-state index is 0. The van der Waals surface area contributed by atoms with Gasteiger partial charge < -0.3 is 16.0 Å². The fraction of sp³-hybridized carbons (Fsp3) is 0.556. The number of nitrogens with zero attached hydrogens (tertiary/aromatic N) is 1. The van der Waals surface area contributed by atoms with E-state index in [2.05, 4.69) is 20.9 Å². The molecule has 0 aliphatic heterocycles. The van der Waals surface area contributed by atoms with Crippen molar-refractivity contribution in [3.05, 3.63) is 35.6 Å². The van der Waals surface area contributed by atoms with Crippen LogP contribution in [0, 0.1) is 5.82 Å². The number of amides is 1. The number of aliphatic imine (C=N–C) groups is 1. The molecule has 0 unspecified atom stereocenters. The largest absolute Gasteiger partial charge is 0.356 e. The van der Waals surface area contributed by atoms with Gasteiger partial charge in [-0.2, -0.15) is 0 Å². The Morgan fingerprint density at radius 3 is 2.48 bits per heavy atom. The molecule has 5 nitrogen and oxygen atoms in total. The molecule has 140 valence electrons. The molecule has 1 saturated carbocycles. The first-order valence-electron chi connectivity index (χ1n) is 8.65. The highest BCUT2D eigenvalue weighted by molar-refractivity contribution is 14.0. The van der Waals surface area contributed by atoms with Crippen LogP contribution in [0.15, 0.2) is 29.3 Å². The molecule has 2 rings (SSSR count). The second-order valence-corrected chi connectivity index (χ2v) is 6.13. The van der Waals surface area contributed by atoms with Crippen LogP contribution in [0.25, 0.3) is 0 Å². The number of hydrogen-bond donors (Lipinski definition) is 3. The van der Waals surface area contributed by atoms with Crippen LogP contribution in [-0.2, 0) is 11.3 Å². The highest BCUT2D eigenvalue weighted by Crippen LogP contribution is 2.17. The smallest absolute Gasteiger partial charge is 0.221 e. The standard InChI is InChI=1S/C18H27FN4O.HI/c1-20-18(22-13-14-7-9-15(19)10-8-14)21-12-11-17(24)23-16-5-3-2-4-6-16;/h7-10,16H,2-6,11-13H2,1H3,(H,23,24)(H2,20,21,22);1H. The van der Waals surface area contributed by atoms with Crippen LogP contribution in [0.4, 0.5) is 4.39 Å². The lowest BCUT2D eigenvalue weighted by atomic mass is 9.95. The van der Waals surface area contributed by atoms with E-state index in [1.54, 1.807) is 19.2 Å². The van der Waals surface area contributed by atoms with Crippen LogP contribution < -0.4 is 16.0 Å². The maximum absolute atomic E-state index is 12.9. The van der Waals surface area contributed by atoms with Crippen molar-refractivity contribution in [2.45, 2.75) is 51.1 Å². The summed E-state index contributed by atoms with van der Waals surface area (Å²) in [7, 11) is 1.68. The first-order valence-corrected chi connectivity index (χ1v) is 8.65. The molecule has 1 aromatic carbocycles. The third-order valence-electron chi connectivity index (χ3n) is 4.21. The van der Waals surface area contributed by atoms with Crippen molar-refractivity contribution in [3.63, 3.8) is 0 Å². The van der Waals surface area contributed by atoms with Gasteiger partial charge in [0.2, 0.25) is 5.91 Å². The molecule has 0 radical (unpaired) electrons. The molecule has 0 heterocycles. The van der Waals surface area contributed by atoms with Crippen LogP contribution in [0.2, 0.25) is 0 Å². The molecule has 1 aliphatic rings. The van der Waals surface area contributed by atoms with Crippen molar-refractivity contribution in [1.82, 2.24) is 16.0 Å². The Morgan fingerprint density at radius 1 is 1.16 bits per heavy atom. The predicted molar refractivity (Wildman–Crippen MR) is 110 cm³/mol. The maximum Gasteiger partial charge on any atom is 0.221 e.